The summed E-state index contributed by atoms with van der Waals surface area (Å²) >= 11 is 0. The van der Waals surface area contributed by atoms with Crippen molar-refractivity contribution in [2.45, 2.75) is 19.4 Å². The number of likely N-dealkylation sites (tertiary alicyclic amines) is 1. The van der Waals surface area contributed by atoms with Crippen LogP contribution in [0.5, 0.6) is 0 Å². The Labute approximate surface area is 118 Å². The SMILES string of the molecule is CC(=O)N1CCC(C(=O)N[C@H](CO)c2ccccc2)C1. The Kier molecular flexibility index (Phi) is 4.74. The second-order valence-electron chi connectivity index (χ2n) is 5.11. The van der Waals surface area contributed by atoms with Gasteiger partial charge in [-0.05, 0) is 12.0 Å². The highest BCUT2D eigenvalue weighted by Crippen LogP contribution is 2.19. The number of amides is 2. The Balaban J connectivity index is 1.95. The van der Waals surface area contributed by atoms with Gasteiger partial charge in [0.05, 0.1) is 18.6 Å². The summed E-state index contributed by atoms with van der Waals surface area (Å²) in [5, 5.41) is 12.3. The molecule has 0 saturated carbocycles. The van der Waals surface area contributed by atoms with E-state index in [9.17, 15) is 14.7 Å². The van der Waals surface area contributed by atoms with Crippen molar-refractivity contribution in [3.63, 3.8) is 0 Å². The largest absolute Gasteiger partial charge is 0.394 e. The standard InChI is InChI=1S/C15H20N2O3/c1-11(19)17-8-7-13(9-17)15(20)16-14(10-18)12-5-3-2-4-6-12/h2-6,13-14,18H,7-10H2,1H3,(H,16,20)/t13?,14-/m1/s1. The van der Waals surface area contributed by atoms with E-state index in [0.29, 0.717) is 19.5 Å². The minimum Gasteiger partial charge on any atom is -0.394 e. The molecule has 5 nitrogen and oxygen atoms in total. The maximum atomic E-state index is 12.2. The van der Waals surface area contributed by atoms with Gasteiger partial charge >= 0.3 is 0 Å². The number of carbonyl (C=O) groups is 2. The molecule has 1 aromatic rings. The van der Waals surface area contributed by atoms with Gasteiger partial charge in [0.25, 0.3) is 0 Å². The molecule has 2 amide bonds. The molecule has 20 heavy (non-hydrogen) atoms. The van der Waals surface area contributed by atoms with E-state index in [-0.39, 0.29) is 24.3 Å². The zero-order chi connectivity index (χ0) is 14.5. The Bertz CT molecular complexity index is 475. The Morgan fingerprint density at radius 2 is 2.10 bits per heavy atom. The number of aliphatic hydroxyl groups is 1. The zero-order valence-electron chi connectivity index (χ0n) is 11.6. The highest BCUT2D eigenvalue weighted by atomic mass is 16.3. The van der Waals surface area contributed by atoms with Crippen molar-refractivity contribution in [1.29, 1.82) is 0 Å². The van der Waals surface area contributed by atoms with E-state index in [0.717, 1.165) is 5.56 Å². The highest BCUT2D eigenvalue weighted by molar-refractivity contribution is 5.81. The number of hydrogen-bond acceptors (Lipinski definition) is 3. The van der Waals surface area contributed by atoms with Crippen LogP contribution >= 0.6 is 0 Å². The van der Waals surface area contributed by atoms with Gasteiger partial charge in [-0.3, -0.25) is 9.59 Å². The van der Waals surface area contributed by atoms with Gasteiger partial charge in [-0.2, -0.15) is 0 Å². The second kappa shape index (κ2) is 6.52. The van der Waals surface area contributed by atoms with Crippen LogP contribution in [0.4, 0.5) is 0 Å². The number of benzene rings is 1. The van der Waals surface area contributed by atoms with Crippen LogP contribution in [0.1, 0.15) is 24.9 Å². The first-order chi connectivity index (χ1) is 9.61. The lowest BCUT2D eigenvalue weighted by Crippen LogP contribution is -2.37. The van der Waals surface area contributed by atoms with E-state index >= 15 is 0 Å². The van der Waals surface area contributed by atoms with Gasteiger partial charge in [0.15, 0.2) is 0 Å². The molecule has 0 radical (unpaired) electrons. The topological polar surface area (TPSA) is 69.6 Å². The van der Waals surface area contributed by atoms with Crippen molar-refractivity contribution in [2.24, 2.45) is 5.92 Å². The third kappa shape index (κ3) is 3.36. The quantitative estimate of drug-likeness (QED) is 0.850. The summed E-state index contributed by atoms with van der Waals surface area (Å²) in [6.07, 6.45) is 0.679. The molecule has 1 aromatic carbocycles. The van der Waals surface area contributed by atoms with Gasteiger partial charge in [0, 0.05) is 20.0 Å². The van der Waals surface area contributed by atoms with Gasteiger partial charge in [0.1, 0.15) is 0 Å². The van der Waals surface area contributed by atoms with Crippen LogP contribution in [-0.2, 0) is 9.59 Å². The number of hydrogen-bond donors (Lipinski definition) is 2. The van der Waals surface area contributed by atoms with Crippen LogP contribution in [0.2, 0.25) is 0 Å². The first-order valence-corrected chi connectivity index (χ1v) is 6.83. The van der Waals surface area contributed by atoms with Crippen LogP contribution in [0, 0.1) is 5.92 Å². The van der Waals surface area contributed by atoms with Crippen LogP contribution in [0.3, 0.4) is 0 Å². The smallest absolute Gasteiger partial charge is 0.225 e. The molecule has 0 aliphatic carbocycles. The minimum absolute atomic E-state index is 0.00191. The summed E-state index contributed by atoms with van der Waals surface area (Å²) < 4.78 is 0. The molecule has 108 valence electrons. The molecule has 2 N–H and O–H groups in total. The maximum Gasteiger partial charge on any atom is 0.225 e. The number of nitrogens with zero attached hydrogens (tertiary/aromatic N) is 1. The lowest BCUT2D eigenvalue weighted by atomic mass is 10.0. The van der Waals surface area contributed by atoms with E-state index in [2.05, 4.69) is 5.32 Å². The molecule has 2 atom stereocenters. The van der Waals surface area contributed by atoms with Crippen LogP contribution < -0.4 is 5.32 Å². The van der Waals surface area contributed by atoms with Gasteiger partial charge in [-0.25, -0.2) is 0 Å². The fourth-order valence-electron chi connectivity index (χ4n) is 2.47. The molecule has 0 spiro atoms. The Morgan fingerprint density at radius 1 is 1.40 bits per heavy atom. The van der Waals surface area contributed by atoms with Crippen molar-refractivity contribution >= 4 is 11.8 Å². The number of carbonyl (C=O) groups excluding carboxylic acids is 2. The predicted molar refractivity (Wildman–Crippen MR) is 74.8 cm³/mol. The zero-order valence-corrected chi connectivity index (χ0v) is 11.6. The molecule has 1 aliphatic rings. The second-order valence-corrected chi connectivity index (χ2v) is 5.11. The summed E-state index contributed by atoms with van der Waals surface area (Å²) in [5.74, 6) is -0.282. The third-order valence-electron chi connectivity index (χ3n) is 3.71. The van der Waals surface area contributed by atoms with Crippen molar-refractivity contribution in [3.05, 3.63) is 35.9 Å². The van der Waals surface area contributed by atoms with Gasteiger partial charge < -0.3 is 15.3 Å². The van der Waals surface area contributed by atoms with Gasteiger partial charge in [0.2, 0.25) is 11.8 Å². The molecular formula is C15H20N2O3. The monoisotopic (exact) mass is 276 g/mol. The van der Waals surface area contributed by atoms with Crippen LogP contribution in [0.25, 0.3) is 0 Å². The van der Waals surface area contributed by atoms with Gasteiger partial charge in [-0.1, -0.05) is 30.3 Å². The summed E-state index contributed by atoms with van der Waals surface area (Å²) in [6, 6.07) is 8.99. The fourth-order valence-corrected chi connectivity index (χ4v) is 2.47. The Hall–Kier alpha value is -1.88. The molecule has 1 aliphatic heterocycles. The highest BCUT2D eigenvalue weighted by Gasteiger charge is 2.30. The first-order valence-electron chi connectivity index (χ1n) is 6.83. The molecule has 1 fully saturated rings. The van der Waals surface area contributed by atoms with E-state index in [1.54, 1.807) is 4.90 Å². The summed E-state index contributed by atoms with van der Waals surface area (Å²) in [6.45, 7) is 2.47. The Morgan fingerprint density at radius 3 is 2.65 bits per heavy atom. The van der Waals surface area contributed by atoms with Crippen molar-refractivity contribution in [2.75, 3.05) is 19.7 Å². The van der Waals surface area contributed by atoms with Crippen LogP contribution in [0.15, 0.2) is 30.3 Å². The van der Waals surface area contributed by atoms with Crippen molar-refractivity contribution in [1.82, 2.24) is 10.2 Å². The minimum atomic E-state index is -0.393. The van der Waals surface area contributed by atoms with E-state index in [1.807, 2.05) is 30.3 Å². The van der Waals surface area contributed by atoms with Crippen molar-refractivity contribution in [3.8, 4) is 0 Å². The lowest BCUT2D eigenvalue weighted by molar-refractivity contribution is -0.128. The molecule has 0 aromatic heterocycles. The average Bonchev–Trinajstić information content (AvgIpc) is 2.95. The molecule has 2 rings (SSSR count). The molecule has 1 unspecified atom stereocenters. The molecule has 0 bridgehead atoms. The van der Waals surface area contributed by atoms with E-state index in [1.165, 1.54) is 6.92 Å². The van der Waals surface area contributed by atoms with Crippen molar-refractivity contribution < 1.29 is 14.7 Å². The summed E-state index contributed by atoms with van der Waals surface area (Å²) in [7, 11) is 0. The molecule has 1 heterocycles. The number of rotatable bonds is 4. The van der Waals surface area contributed by atoms with Gasteiger partial charge in [-0.15, -0.1) is 0 Å². The van der Waals surface area contributed by atoms with E-state index in [4.69, 9.17) is 0 Å². The summed E-state index contributed by atoms with van der Waals surface area (Å²) in [4.78, 5) is 25.1. The maximum absolute atomic E-state index is 12.2. The lowest BCUT2D eigenvalue weighted by Gasteiger charge is -2.19. The number of nitrogens with one attached hydrogen (secondary N) is 1. The normalized spacial score (nSPS) is 19.7. The third-order valence-corrected chi connectivity index (χ3v) is 3.71. The average molecular weight is 276 g/mol. The first kappa shape index (κ1) is 14.5. The fraction of sp³-hybridized carbons (Fsp3) is 0.467. The predicted octanol–water partition coefficient (Wildman–Crippen LogP) is 0.705. The van der Waals surface area contributed by atoms with Crippen LogP contribution in [-0.4, -0.2) is 41.5 Å². The number of aliphatic hydroxyl groups excluding tert-OH is 1. The molecule has 5 heteroatoms. The molecule has 1 saturated heterocycles. The van der Waals surface area contributed by atoms with E-state index < -0.39 is 6.04 Å². The molecular weight excluding hydrogens is 256 g/mol. The summed E-state index contributed by atoms with van der Waals surface area (Å²) in [5.41, 5.74) is 0.879.